The van der Waals surface area contributed by atoms with E-state index in [2.05, 4.69) is 17.3 Å². The second kappa shape index (κ2) is 5.20. The predicted molar refractivity (Wildman–Crippen MR) is 61.1 cm³/mol. The molecule has 0 saturated heterocycles. The van der Waals surface area contributed by atoms with Gasteiger partial charge in [0, 0.05) is 0 Å². The quantitative estimate of drug-likeness (QED) is 0.755. The molecule has 2 nitrogen and oxygen atoms in total. The molecular weight excluding hydrogens is 184 g/mol. The van der Waals surface area contributed by atoms with Crippen LogP contribution in [0.25, 0.3) is 0 Å². The molecule has 1 unspecified atom stereocenters. The number of aryl methyl sites for hydroxylation is 2. The van der Waals surface area contributed by atoms with E-state index in [1.165, 1.54) is 0 Å². The predicted octanol–water partition coefficient (Wildman–Crippen LogP) is 2.09. The fourth-order valence-corrected chi connectivity index (χ4v) is 1.66. The van der Waals surface area contributed by atoms with Crippen LogP contribution in [-0.2, 0) is 0 Å². The third kappa shape index (κ3) is 2.59. The van der Waals surface area contributed by atoms with Gasteiger partial charge in [-0.05, 0) is 30.5 Å². The second-order valence-electron chi connectivity index (χ2n) is 3.45. The molecule has 0 bridgehead atoms. The largest absolute Gasteiger partial charge is 0.287 e. The maximum absolute atomic E-state index is 9.07. The summed E-state index contributed by atoms with van der Waals surface area (Å²) in [7, 11) is 0. The zero-order chi connectivity index (χ0) is 11.3. The number of nitrogens with zero attached hydrogens (tertiary/aromatic N) is 1. The summed E-state index contributed by atoms with van der Waals surface area (Å²) in [6, 6.07) is 7.91. The molecule has 76 valence electrons. The van der Waals surface area contributed by atoms with E-state index in [4.69, 9.17) is 11.7 Å². The number of rotatable bonds is 3. The van der Waals surface area contributed by atoms with E-state index in [0.717, 1.165) is 16.7 Å². The monoisotopic (exact) mass is 198 g/mol. The molecule has 15 heavy (non-hydrogen) atoms. The van der Waals surface area contributed by atoms with Crippen molar-refractivity contribution in [2.24, 2.45) is 0 Å². The molecule has 1 atom stereocenters. The van der Waals surface area contributed by atoms with Crippen molar-refractivity contribution >= 4 is 0 Å². The Morgan fingerprint density at radius 3 is 2.47 bits per heavy atom. The smallest absolute Gasteiger partial charge is 0.122 e. The maximum Gasteiger partial charge on any atom is 0.122 e. The van der Waals surface area contributed by atoms with E-state index < -0.39 is 0 Å². The number of nitriles is 1. The maximum atomic E-state index is 9.07. The van der Waals surface area contributed by atoms with Crippen LogP contribution in [0.15, 0.2) is 18.2 Å². The minimum Gasteiger partial charge on any atom is -0.287 e. The van der Waals surface area contributed by atoms with Gasteiger partial charge < -0.3 is 0 Å². The highest BCUT2D eigenvalue weighted by Crippen LogP contribution is 2.20. The highest BCUT2D eigenvalue weighted by Gasteiger charge is 2.13. The van der Waals surface area contributed by atoms with Crippen molar-refractivity contribution < 1.29 is 0 Å². The summed E-state index contributed by atoms with van der Waals surface area (Å²) in [6.07, 6.45) is 5.16. The van der Waals surface area contributed by atoms with Crippen LogP contribution in [0.5, 0.6) is 0 Å². The molecule has 0 aliphatic heterocycles. The van der Waals surface area contributed by atoms with Gasteiger partial charge in [0.1, 0.15) is 6.04 Å². The van der Waals surface area contributed by atoms with E-state index in [0.29, 0.717) is 6.54 Å². The third-order valence-corrected chi connectivity index (χ3v) is 2.37. The summed E-state index contributed by atoms with van der Waals surface area (Å²) in [4.78, 5) is 0. The fraction of sp³-hybridized carbons (Fsp3) is 0.308. The molecule has 0 amide bonds. The van der Waals surface area contributed by atoms with Crippen LogP contribution < -0.4 is 5.32 Å². The summed E-state index contributed by atoms with van der Waals surface area (Å²) < 4.78 is 0. The van der Waals surface area contributed by atoms with E-state index in [1.807, 2.05) is 32.0 Å². The summed E-state index contributed by atoms with van der Waals surface area (Å²) in [6.45, 7) is 4.42. The molecule has 1 N–H and O–H groups in total. The zero-order valence-corrected chi connectivity index (χ0v) is 9.04. The highest BCUT2D eigenvalue weighted by atomic mass is 14.9. The van der Waals surface area contributed by atoms with Gasteiger partial charge in [-0.15, -0.1) is 6.42 Å². The first-order valence-electron chi connectivity index (χ1n) is 4.83. The Kier molecular flexibility index (Phi) is 3.92. The molecule has 0 spiro atoms. The van der Waals surface area contributed by atoms with Crippen molar-refractivity contribution in [2.75, 3.05) is 6.54 Å². The lowest BCUT2D eigenvalue weighted by molar-refractivity contribution is 0.683. The molecule has 0 radical (unpaired) electrons. The zero-order valence-electron chi connectivity index (χ0n) is 9.04. The SMILES string of the molecule is C#CCNC(C#N)c1c(C)cccc1C. The Bertz CT molecular complexity index is 401. The molecule has 1 aromatic carbocycles. The fourth-order valence-electron chi connectivity index (χ4n) is 1.66. The Hall–Kier alpha value is -1.77. The van der Waals surface area contributed by atoms with Crippen LogP contribution in [0.3, 0.4) is 0 Å². The minimum absolute atomic E-state index is 0.317. The lowest BCUT2D eigenvalue weighted by Crippen LogP contribution is -2.21. The van der Waals surface area contributed by atoms with Gasteiger partial charge in [-0.3, -0.25) is 5.32 Å². The highest BCUT2D eigenvalue weighted by molar-refractivity contribution is 5.38. The summed E-state index contributed by atoms with van der Waals surface area (Å²) in [5, 5.41) is 12.1. The van der Waals surface area contributed by atoms with Gasteiger partial charge in [0.25, 0.3) is 0 Å². The molecule has 0 aliphatic rings. The molecule has 2 heteroatoms. The normalized spacial score (nSPS) is 11.5. The van der Waals surface area contributed by atoms with E-state index in [1.54, 1.807) is 0 Å². The lowest BCUT2D eigenvalue weighted by atomic mass is 9.97. The van der Waals surface area contributed by atoms with E-state index in [-0.39, 0.29) is 6.04 Å². The van der Waals surface area contributed by atoms with E-state index >= 15 is 0 Å². The Morgan fingerprint density at radius 1 is 1.40 bits per heavy atom. The number of nitrogens with one attached hydrogen (secondary N) is 1. The molecule has 1 rings (SSSR count). The topological polar surface area (TPSA) is 35.8 Å². The van der Waals surface area contributed by atoms with Gasteiger partial charge in [0.05, 0.1) is 12.6 Å². The van der Waals surface area contributed by atoms with Crippen molar-refractivity contribution in [3.05, 3.63) is 34.9 Å². The van der Waals surface area contributed by atoms with E-state index in [9.17, 15) is 0 Å². The van der Waals surface area contributed by atoms with Crippen molar-refractivity contribution in [2.45, 2.75) is 19.9 Å². The van der Waals surface area contributed by atoms with Crippen LogP contribution in [0, 0.1) is 37.5 Å². The average Bonchev–Trinajstić information content (AvgIpc) is 2.22. The van der Waals surface area contributed by atoms with Gasteiger partial charge in [-0.25, -0.2) is 0 Å². The Balaban J connectivity index is 3.03. The molecule has 0 heterocycles. The summed E-state index contributed by atoms with van der Waals surface area (Å²) in [5.41, 5.74) is 3.27. The van der Waals surface area contributed by atoms with Crippen LogP contribution in [-0.4, -0.2) is 6.54 Å². The molecule has 1 aromatic rings. The first kappa shape index (κ1) is 11.3. The molecular formula is C13H14N2. The van der Waals surface area contributed by atoms with Crippen LogP contribution in [0.1, 0.15) is 22.7 Å². The van der Waals surface area contributed by atoms with Gasteiger partial charge in [0.15, 0.2) is 0 Å². The van der Waals surface area contributed by atoms with Gasteiger partial charge >= 0.3 is 0 Å². The van der Waals surface area contributed by atoms with Crippen LogP contribution >= 0.6 is 0 Å². The van der Waals surface area contributed by atoms with Crippen molar-refractivity contribution in [3.63, 3.8) is 0 Å². The third-order valence-electron chi connectivity index (χ3n) is 2.37. The number of terminal acetylenes is 1. The van der Waals surface area contributed by atoms with Crippen molar-refractivity contribution in [1.29, 1.82) is 5.26 Å². The minimum atomic E-state index is -0.317. The van der Waals surface area contributed by atoms with Gasteiger partial charge in [-0.1, -0.05) is 24.1 Å². The summed E-state index contributed by atoms with van der Waals surface area (Å²) >= 11 is 0. The molecule has 0 aromatic heterocycles. The van der Waals surface area contributed by atoms with Crippen molar-refractivity contribution in [3.8, 4) is 18.4 Å². The van der Waals surface area contributed by atoms with Crippen LogP contribution in [0.2, 0.25) is 0 Å². The lowest BCUT2D eigenvalue weighted by Gasteiger charge is -2.15. The standard InChI is InChI=1S/C13H14N2/c1-4-8-15-12(9-14)13-10(2)6-5-7-11(13)3/h1,5-7,12,15H,8H2,2-3H3. The second-order valence-corrected chi connectivity index (χ2v) is 3.45. The number of hydrogen-bond acceptors (Lipinski definition) is 2. The van der Waals surface area contributed by atoms with Gasteiger partial charge in [-0.2, -0.15) is 5.26 Å². The Labute approximate surface area is 90.9 Å². The molecule has 0 saturated carbocycles. The molecule has 0 fully saturated rings. The summed E-state index contributed by atoms with van der Waals surface area (Å²) in [5.74, 6) is 2.48. The average molecular weight is 198 g/mol. The molecule has 0 aliphatic carbocycles. The number of hydrogen-bond donors (Lipinski definition) is 1. The van der Waals surface area contributed by atoms with Crippen molar-refractivity contribution in [1.82, 2.24) is 5.32 Å². The first-order valence-corrected chi connectivity index (χ1v) is 4.83. The van der Waals surface area contributed by atoms with Gasteiger partial charge in [0.2, 0.25) is 0 Å². The first-order chi connectivity index (χ1) is 7.20. The Morgan fingerprint density at radius 2 is 2.00 bits per heavy atom. The number of benzene rings is 1. The van der Waals surface area contributed by atoms with Crippen LogP contribution in [0.4, 0.5) is 0 Å².